The summed E-state index contributed by atoms with van der Waals surface area (Å²) in [6.45, 7) is 2.57. The van der Waals surface area contributed by atoms with Gasteiger partial charge in [0.2, 0.25) is 0 Å². The molecule has 0 saturated carbocycles. The van der Waals surface area contributed by atoms with Crippen molar-refractivity contribution in [3.05, 3.63) is 86.3 Å². The van der Waals surface area contributed by atoms with Crippen LogP contribution in [0.4, 0.5) is 5.69 Å². The van der Waals surface area contributed by atoms with Crippen LogP contribution in [-0.2, 0) is 16.2 Å². The van der Waals surface area contributed by atoms with Crippen LogP contribution in [0.25, 0.3) is 0 Å². The smallest absolute Gasteiger partial charge is 0.329 e. The molecule has 0 aliphatic carbocycles. The zero-order chi connectivity index (χ0) is 24.5. The van der Waals surface area contributed by atoms with Crippen molar-refractivity contribution < 1.29 is 19.1 Å². The van der Waals surface area contributed by atoms with Crippen LogP contribution in [0.1, 0.15) is 18.1 Å². The number of nitrogens with one attached hydrogen (secondary N) is 2. The van der Waals surface area contributed by atoms with Gasteiger partial charge in [0.15, 0.2) is 11.5 Å². The Hall–Kier alpha value is -3.07. The van der Waals surface area contributed by atoms with Gasteiger partial charge in [-0.3, -0.25) is 9.59 Å². The topological polar surface area (TPSA) is 89.0 Å². The molecule has 0 spiro atoms. The number of nitrogens with zero attached hydrogens (tertiary/aromatic N) is 1. The average Bonchev–Trinajstić information content (AvgIpc) is 2.80. The minimum Gasteiger partial charge on any atom is -0.490 e. The highest BCUT2D eigenvalue weighted by Gasteiger charge is 2.14. The summed E-state index contributed by atoms with van der Waals surface area (Å²) in [4.78, 5) is 24.0. The highest BCUT2D eigenvalue weighted by atomic mass is 79.9. The molecule has 0 atom stereocenters. The first-order valence-corrected chi connectivity index (χ1v) is 11.6. The van der Waals surface area contributed by atoms with Crippen LogP contribution in [0.2, 0.25) is 10.0 Å². The van der Waals surface area contributed by atoms with Crippen LogP contribution in [0.5, 0.6) is 11.5 Å². The quantitative estimate of drug-likeness (QED) is 0.205. The number of hydrogen-bond donors (Lipinski definition) is 2. The van der Waals surface area contributed by atoms with Crippen molar-refractivity contribution in [1.82, 2.24) is 5.43 Å². The molecule has 0 aromatic heterocycles. The van der Waals surface area contributed by atoms with E-state index in [1.165, 1.54) is 6.21 Å². The predicted molar refractivity (Wildman–Crippen MR) is 137 cm³/mol. The van der Waals surface area contributed by atoms with Crippen molar-refractivity contribution >= 4 is 62.8 Å². The van der Waals surface area contributed by atoms with E-state index >= 15 is 0 Å². The lowest BCUT2D eigenvalue weighted by Gasteiger charge is -2.15. The number of rotatable bonds is 8. The molecule has 0 radical (unpaired) electrons. The zero-order valence-corrected chi connectivity index (χ0v) is 21.1. The van der Waals surface area contributed by atoms with Gasteiger partial charge in [-0.2, -0.15) is 5.10 Å². The summed E-state index contributed by atoms with van der Waals surface area (Å²) in [5.41, 5.74) is 4.15. The van der Waals surface area contributed by atoms with Crippen molar-refractivity contribution in [2.24, 2.45) is 5.10 Å². The second-order valence-corrected chi connectivity index (χ2v) is 8.57. The molecule has 10 heteroatoms. The van der Waals surface area contributed by atoms with Crippen LogP contribution < -0.4 is 20.2 Å². The molecule has 7 nitrogen and oxygen atoms in total. The molecule has 0 bridgehead atoms. The number of carbonyl (C=O) groups is 2. The van der Waals surface area contributed by atoms with E-state index in [0.29, 0.717) is 50.5 Å². The Morgan fingerprint density at radius 2 is 1.76 bits per heavy atom. The van der Waals surface area contributed by atoms with Gasteiger partial charge in [-0.05, 0) is 82.5 Å². The molecule has 34 heavy (non-hydrogen) atoms. The maximum Gasteiger partial charge on any atom is 0.329 e. The number of hydrazone groups is 1. The average molecular weight is 565 g/mol. The van der Waals surface area contributed by atoms with Gasteiger partial charge in [-0.25, -0.2) is 5.43 Å². The highest BCUT2D eigenvalue weighted by Crippen LogP contribution is 2.37. The first-order chi connectivity index (χ1) is 16.4. The molecule has 0 aliphatic rings. The Balaban J connectivity index is 1.64. The third kappa shape index (κ3) is 7.48. The highest BCUT2D eigenvalue weighted by molar-refractivity contribution is 9.10. The fourth-order valence-corrected chi connectivity index (χ4v) is 3.70. The Morgan fingerprint density at radius 1 is 1.00 bits per heavy atom. The third-order valence-corrected chi connectivity index (χ3v) is 5.37. The van der Waals surface area contributed by atoms with Crippen molar-refractivity contribution in [2.75, 3.05) is 11.9 Å². The van der Waals surface area contributed by atoms with E-state index in [-0.39, 0.29) is 0 Å². The molecule has 0 unspecified atom stereocenters. The number of amides is 2. The SMILES string of the molecule is CCOc1cc(/C=N/NC(=O)C(=O)Nc2ccc(Cl)cc2)cc(Br)c1OCc1cccc(Cl)c1. The molecule has 3 aromatic carbocycles. The van der Waals surface area contributed by atoms with Gasteiger partial charge in [0.1, 0.15) is 6.61 Å². The Bertz CT molecular complexity index is 1200. The molecular formula is C24H20BrCl2N3O4. The maximum atomic E-state index is 12.0. The number of anilines is 1. The van der Waals surface area contributed by atoms with Crippen LogP contribution in [0.15, 0.2) is 70.2 Å². The van der Waals surface area contributed by atoms with E-state index in [1.54, 1.807) is 42.5 Å². The van der Waals surface area contributed by atoms with Gasteiger partial charge >= 0.3 is 11.8 Å². The summed E-state index contributed by atoms with van der Waals surface area (Å²) < 4.78 is 12.3. The number of benzene rings is 3. The van der Waals surface area contributed by atoms with Gasteiger partial charge in [-0.15, -0.1) is 0 Å². The number of hydrogen-bond acceptors (Lipinski definition) is 5. The molecule has 0 aliphatic heterocycles. The lowest BCUT2D eigenvalue weighted by atomic mass is 10.2. The number of halogens is 3. The van der Waals surface area contributed by atoms with E-state index < -0.39 is 11.8 Å². The molecule has 3 aromatic rings. The lowest BCUT2D eigenvalue weighted by molar-refractivity contribution is -0.136. The van der Waals surface area contributed by atoms with E-state index in [0.717, 1.165) is 5.56 Å². The zero-order valence-electron chi connectivity index (χ0n) is 18.0. The van der Waals surface area contributed by atoms with Crippen LogP contribution in [0.3, 0.4) is 0 Å². The Morgan fingerprint density at radius 3 is 2.47 bits per heavy atom. The van der Waals surface area contributed by atoms with Crippen LogP contribution >= 0.6 is 39.1 Å². The molecule has 3 rings (SSSR count). The summed E-state index contributed by atoms with van der Waals surface area (Å²) in [5, 5.41) is 7.46. The van der Waals surface area contributed by atoms with Crippen molar-refractivity contribution in [3.8, 4) is 11.5 Å². The third-order valence-electron chi connectivity index (χ3n) is 4.29. The van der Waals surface area contributed by atoms with Gasteiger partial charge in [0.05, 0.1) is 17.3 Å². The maximum absolute atomic E-state index is 12.0. The Kier molecular flexibility index (Phi) is 9.33. The Labute approximate surface area is 215 Å². The van der Waals surface area contributed by atoms with Crippen molar-refractivity contribution in [3.63, 3.8) is 0 Å². The summed E-state index contributed by atoms with van der Waals surface area (Å²) in [6, 6.07) is 17.2. The van der Waals surface area contributed by atoms with Gasteiger partial charge < -0.3 is 14.8 Å². The monoisotopic (exact) mass is 563 g/mol. The van der Waals surface area contributed by atoms with E-state index in [2.05, 4.69) is 31.8 Å². The molecule has 2 N–H and O–H groups in total. The standard InChI is InChI=1S/C24H20BrCl2N3O4/c1-2-33-21-12-16(11-20(25)22(21)34-14-15-4-3-5-18(27)10-15)13-28-30-24(32)23(31)29-19-8-6-17(26)7-9-19/h3-13H,2,14H2,1H3,(H,29,31)(H,30,32)/b28-13+. The first-order valence-electron chi connectivity index (χ1n) is 10.1. The summed E-state index contributed by atoms with van der Waals surface area (Å²) in [6.07, 6.45) is 1.39. The fourth-order valence-electron chi connectivity index (χ4n) is 2.79. The number of carbonyl (C=O) groups excluding carboxylic acids is 2. The first kappa shape index (κ1) is 25.6. The summed E-state index contributed by atoms with van der Waals surface area (Å²) in [7, 11) is 0. The van der Waals surface area contributed by atoms with E-state index in [9.17, 15) is 9.59 Å². The van der Waals surface area contributed by atoms with Gasteiger partial charge in [0.25, 0.3) is 0 Å². The van der Waals surface area contributed by atoms with E-state index in [1.807, 2.05) is 25.1 Å². The molecule has 0 fully saturated rings. The second-order valence-electron chi connectivity index (χ2n) is 6.84. The molecule has 0 saturated heterocycles. The summed E-state index contributed by atoms with van der Waals surface area (Å²) in [5.74, 6) is -0.769. The van der Waals surface area contributed by atoms with Crippen molar-refractivity contribution in [2.45, 2.75) is 13.5 Å². The normalized spacial score (nSPS) is 10.7. The lowest BCUT2D eigenvalue weighted by Crippen LogP contribution is -2.32. The molecule has 0 heterocycles. The molecule has 2 amide bonds. The van der Waals surface area contributed by atoms with Crippen molar-refractivity contribution in [1.29, 1.82) is 0 Å². The molecule has 176 valence electrons. The van der Waals surface area contributed by atoms with Crippen LogP contribution in [-0.4, -0.2) is 24.6 Å². The largest absolute Gasteiger partial charge is 0.490 e. The second kappa shape index (κ2) is 12.4. The van der Waals surface area contributed by atoms with E-state index in [4.69, 9.17) is 32.7 Å². The van der Waals surface area contributed by atoms with Gasteiger partial charge in [-0.1, -0.05) is 35.3 Å². The molecular weight excluding hydrogens is 545 g/mol. The minimum atomic E-state index is -0.920. The minimum absolute atomic E-state index is 0.297. The predicted octanol–water partition coefficient (Wildman–Crippen LogP) is 5.82. The number of ether oxygens (including phenoxy) is 2. The van der Waals surface area contributed by atoms with Gasteiger partial charge in [0, 0.05) is 15.7 Å². The van der Waals surface area contributed by atoms with Crippen LogP contribution in [0, 0.1) is 0 Å². The fraction of sp³-hybridized carbons (Fsp3) is 0.125. The summed E-state index contributed by atoms with van der Waals surface area (Å²) >= 11 is 15.3.